The van der Waals surface area contributed by atoms with Crippen LogP contribution in [0.25, 0.3) is 0 Å². The predicted molar refractivity (Wildman–Crippen MR) is 82.4 cm³/mol. The normalized spacial score (nSPS) is 23.2. The topological polar surface area (TPSA) is 60.8 Å². The maximum Gasteiger partial charge on any atom is 0.162 e. The molecule has 0 unspecified atom stereocenters. The first-order valence-electron chi connectivity index (χ1n) is 7.71. The highest BCUT2D eigenvalue weighted by Gasteiger charge is 2.26. The Kier molecular flexibility index (Phi) is 5.91. The zero-order valence-electron chi connectivity index (χ0n) is 12.7. The SMILES string of the molecule is Cc1ccc(C(=O)CCCN2CC[C@@H](O)[C@@H](CO)C2)cc1. The summed E-state index contributed by atoms with van der Waals surface area (Å²) in [7, 11) is 0. The Hall–Kier alpha value is -1.23. The summed E-state index contributed by atoms with van der Waals surface area (Å²) in [5.41, 5.74) is 1.94. The zero-order chi connectivity index (χ0) is 15.2. The molecule has 4 heteroatoms. The van der Waals surface area contributed by atoms with Gasteiger partial charge in [0.1, 0.15) is 0 Å². The van der Waals surface area contributed by atoms with Gasteiger partial charge in [-0.2, -0.15) is 0 Å². The lowest BCUT2D eigenvalue weighted by Crippen LogP contribution is -2.44. The second-order valence-electron chi connectivity index (χ2n) is 5.99. The van der Waals surface area contributed by atoms with Crippen LogP contribution < -0.4 is 0 Å². The Morgan fingerprint density at radius 2 is 2.05 bits per heavy atom. The van der Waals surface area contributed by atoms with E-state index in [1.807, 2.05) is 31.2 Å². The van der Waals surface area contributed by atoms with Gasteiger partial charge in [-0.15, -0.1) is 0 Å². The minimum atomic E-state index is -0.388. The van der Waals surface area contributed by atoms with Gasteiger partial charge in [0.05, 0.1) is 6.10 Å². The maximum absolute atomic E-state index is 12.1. The van der Waals surface area contributed by atoms with E-state index in [1.54, 1.807) is 0 Å². The Balaban J connectivity index is 1.74. The summed E-state index contributed by atoms with van der Waals surface area (Å²) in [6.07, 6.45) is 1.68. The lowest BCUT2D eigenvalue weighted by atomic mass is 9.95. The van der Waals surface area contributed by atoms with Gasteiger partial charge in [-0.3, -0.25) is 4.79 Å². The molecule has 1 aliphatic rings. The van der Waals surface area contributed by atoms with E-state index in [-0.39, 0.29) is 24.4 Å². The van der Waals surface area contributed by atoms with E-state index < -0.39 is 0 Å². The molecule has 1 aliphatic heterocycles. The van der Waals surface area contributed by atoms with Crippen molar-refractivity contribution in [2.75, 3.05) is 26.2 Å². The Bertz CT molecular complexity index is 458. The fourth-order valence-corrected chi connectivity index (χ4v) is 2.82. The van der Waals surface area contributed by atoms with Gasteiger partial charge in [0.15, 0.2) is 5.78 Å². The number of aliphatic hydroxyl groups is 2. The summed E-state index contributed by atoms with van der Waals surface area (Å²) in [6.45, 7) is 4.45. The molecule has 0 aromatic heterocycles. The average Bonchev–Trinajstić information content (AvgIpc) is 2.49. The number of benzene rings is 1. The van der Waals surface area contributed by atoms with Crippen molar-refractivity contribution >= 4 is 5.78 Å². The molecule has 116 valence electrons. The van der Waals surface area contributed by atoms with Crippen LogP contribution in [0.4, 0.5) is 0 Å². The van der Waals surface area contributed by atoms with Crippen molar-refractivity contribution in [1.82, 2.24) is 4.90 Å². The van der Waals surface area contributed by atoms with Crippen LogP contribution in [0, 0.1) is 12.8 Å². The van der Waals surface area contributed by atoms with Gasteiger partial charge in [-0.25, -0.2) is 0 Å². The number of piperidine rings is 1. The fraction of sp³-hybridized carbons (Fsp3) is 0.588. The first kappa shape index (κ1) is 16.1. The third-order valence-corrected chi connectivity index (χ3v) is 4.26. The van der Waals surface area contributed by atoms with Crippen molar-refractivity contribution in [2.24, 2.45) is 5.92 Å². The number of rotatable bonds is 6. The largest absolute Gasteiger partial charge is 0.396 e. The van der Waals surface area contributed by atoms with Gasteiger partial charge < -0.3 is 15.1 Å². The molecule has 1 aromatic rings. The van der Waals surface area contributed by atoms with E-state index in [0.29, 0.717) is 12.8 Å². The lowest BCUT2D eigenvalue weighted by molar-refractivity contribution is 0.000209. The number of ketones is 1. The summed E-state index contributed by atoms with van der Waals surface area (Å²) in [6, 6.07) is 7.70. The van der Waals surface area contributed by atoms with Gasteiger partial charge in [0.25, 0.3) is 0 Å². The van der Waals surface area contributed by atoms with E-state index in [9.17, 15) is 15.0 Å². The first-order chi connectivity index (χ1) is 10.1. The summed E-state index contributed by atoms with van der Waals surface area (Å²) in [4.78, 5) is 14.3. The number of hydrogen-bond donors (Lipinski definition) is 2. The molecule has 0 aliphatic carbocycles. The second-order valence-corrected chi connectivity index (χ2v) is 5.99. The molecule has 0 amide bonds. The van der Waals surface area contributed by atoms with E-state index in [0.717, 1.165) is 37.2 Å². The summed E-state index contributed by atoms with van der Waals surface area (Å²) < 4.78 is 0. The number of Topliss-reactive ketones (excluding diaryl/α,β-unsaturated/α-hetero) is 1. The van der Waals surface area contributed by atoms with Gasteiger partial charge >= 0.3 is 0 Å². The highest BCUT2D eigenvalue weighted by atomic mass is 16.3. The molecule has 1 aromatic carbocycles. The maximum atomic E-state index is 12.1. The molecular weight excluding hydrogens is 266 g/mol. The number of carbonyl (C=O) groups excluding carboxylic acids is 1. The quantitative estimate of drug-likeness (QED) is 0.782. The summed E-state index contributed by atoms with van der Waals surface area (Å²) in [5.74, 6) is 0.136. The number of aryl methyl sites for hydroxylation is 1. The molecule has 0 bridgehead atoms. The average molecular weight is 291 g/mol. The van der Waals surface area contributed by atoms with Crippen LogP contribution in [0.3, 0.4) is 0 Å². The number of likely N-dealkylation sites (tertiary alicyclic amines) is 1. The molecule has 2 rings (SSSR count). The van der Waals surface area contributed by atoms with E-state index in [2.05, 4.69) is 4.90 Å². The number of hydrogen-bond acceptors (Lipinski definition) is 4. The predicted octanol–water partition coefficient (Wildman–Crippen LogP) is 1.63. The summed E-state index contributed by atoms with van der Waals surface area (Å²) >= 11 is 0. The Morgan fingerprint density at radius 3 is 2.71 bits per heavy atom. The van der Waals surface area contributed by atoms with Crippen LogP contribution in [0.15, 0.2) is 24.3 Å². The monoisotopic (exact) mass is 291 g/mol. The molecule has 21 heavy (non-hydrogen) atoms. The highest BCUT2D eigenvalue weighted by Crippen LogP contribution is 2.17. The van der Waals surface area contributed by atoms with Crippen molar-refractivity contribution < 1.29 is 15.0 Å². The van der Waals surface area contributed by atoms with E-state index >= 15 is 0 Å². The fourth-order valence-electron chi connectivity index (χ4n) is 2.82. The van der Waals surface area contributed by atoms with Crippen molar-refractivity contribution in [1.29, 1.82) is 0 Å². The van der Waals surface area contributed by atoms with Crippen LogP contribution >= 0.6 is 0 Å². The third-order valence-electron chi connectivity index (χ3n) is 4.26. The molecule has 0 radical (unpaired) electrons. The number of aliphatic hydroxyl groups excluding tert-OH is 2. The second kappa shape index (κ2) is 7.69. The van der Waals surface area contributed by atoms with Crippen molar-refractivity contribution in [3.8, 4) is 0 Å². The lowest BCUT2D eigenvalue weighted by Gasteiger charge is -2.35. The molecule has 4 nitrogen and oxygen atoms in total. The molecule has 0 spiro atoms. The van der Waals surface area contributed by atoms with Crippen LogP contribution in [-0.4, -0.2) is 53.2 Å². The van der Waals surface area contributed by atoms with Gasteiger partial charge in [0, 0.05) is 37.6 Å². The molecule has 0 saturated carbocycles. The first-order valence-corrected chi connectivity index (χ1v) is 7.71. The Labute approximate surface area is 126 Å². The van der Waals surface area contributed by atoms with Crippen LogP contribution in [0.1, 0.15) is 35.2 Å². The molecule has 2 atom stereocenters. The van der Waals surface area contributed by atoms with Gasteiger partial charge in [-0.05, 0) is 26.3 Å². The van der Waals surface area contributed by atoms with Crippen LogP contribution in [0.5, 0.6) is 0 Å². The van der Waals surface area contributed by atoms with Gasteiger partial charge in [-0.1, -0.05) is 29.8 Å². The standard InChI is InChI=1S/C17H25NO3/c1-13-4-6-14(7-5-13)16(20)3-2-9-18-10-8-17(21)15(11-18)12-19/h4-7,15,17,19,21H,2-3,8-12H2,1H3/t15-,17-/m1/s1. The number of nitrogens with zero attached hydrogens (tertiary/aromatic N) is 1. The molecular formula is C17H25NO3. The molecule has 2 N–H and O–H groups in total. The van der Waals surface area contributed by atoms with Crippen molar-refractivity contribution in [2.45, 2.75) is 32.3 Å². The van der Waals surface area contributed by atoms with Crippen LogP contribution in [0.2, 0.25) is 0 Å². The summed E-state index contributed by atoms with van der Waals surface area (Å²) in [5, 5.41) is 19.0. The minimum Gasteiger partial charge on any atom is -0.396 e. The van der Waals surface area contributed by atoms with E-state index in [1.165, 1.54) is 0 Å². The van der Waals surface area contributed by atoms with E-state index in [4.69, 9.17) is 0 Å². The smallest absolute Gasteiger partial charge is 0.162 e. The van der Waals surface area contributed by atoms with Crippen molar-refractivity contribution in [3.05, 3.63) is 35.4 Å². The minimum absolute atomic E-state index is 0.0277. The number of carbonyl (C=O) groups is 1. The van der Waals surface area contributed by atoms with Gasteiger partial charge in [0.2, 0.25) is 0 Å². The zero-order valence-corrected chi connectivity index (χ0v) is 12.7. The molecule has 1 fully saturated rings. The molecule has 1 heterocycles. The van der Waals surface area contributed by atoms with Crippen LogP contribution in [-0.2, 0) is 0 Å². The third kappa shape index (κ3) is 4.63. The Morgan fingerprint density at radius 1 is 1.33 bits per heavy atom. The highest BCUT2D eigenvalue weighted by molar-refractivity contribution is 5.96. The molecule has 1 saturated heterocycles. The van der Waals surface area contributed by atoms with Crippen molar-refractivity contribution in [3.63, 3.8) is 0 Å².